The molecule has 30 heavy (non-hydrogen) atoms. The Morgan fingerprint density at radius 2 is 2.00 bits per heavy atom. The van der Waals surface area contributed by atoms with E-state index in [4.69, 9.17) is 10.00 Å². The van der Waals surface area contributed by atoms with Crippen LogP contribution in [0.15, 0.2) is 60.9 Å². The number of ether oxygens (including phenoxy) is 1. The highest BCUT2D eigenvalue weighted by molar-refractivity contribution is 5.95. The maximum Gasteiger partial charge on any atom is 0.311 e. The molecule has 7 heteroatoms. The standard InChI is InChI=1S/C23H22N4O3/c1-15(20(23(29)30-2)13-16-4-3-5-17(12-16)14-24)27-22(28)19-8-6-18(7-9-19)21-25-10-11-26-21/h3-12,15,20H,13H2,1-2H3,(H,25,26)(H,27,28). The van der Waals surface area contributed by atoms with Gasteiger partial charge < -0.3 is 15.0 Å². The summed E-state index contributed by atoms with van der Waals surface area (Å²) < 4.78 is 4.94. The lowest BCUT2D eigenvalue weighted by atomic mass is 9.92. The van der Waals surface area contributed by atoms with Crippen molar-refractivity contribution in [1.82, 2.24) is 15.3 Å². The first-order valence-corrected chi connectivity index (χ1v) is 9.49. The third-order valence-corrected chi connectivity index (χ3v) is 4.90. The molecule has 0 aliphatic carbocycles. The van der Waals surface area contributed by atoms with Gasteiger partial charge in [0.2, 0.25) is 0 Å². The predicted molar refractivity (Wildman–Crippen MR) is 111 cm³/mol. The van der Waals surface area contributed by atoms with Crippen LogP contribution in [0.3, 0.4) is 0 Å². The summed E-state index contributed by atoms with van der Waals surface area (Å²) in [7, 11) is 1.32. The molecule has 152 valence electrons. The van der Waals surface area contributed by atoms with E-state index in [2.05, 4.69) is 21.4 Å². The monoisotopic (exact) mass is 402 g/mol. The van der Waals surface area contributed by atoms with Gasteiger partial charge in [-0.15, -0.1) is 0 Å². The molecule has 0 spiro atoms. The minimum absolute atomic E-state index is 0.284. The number of aromatic amines is 1. The highest BCUT2D eigenvalue weighted by Crippen LogP contribution is 2.18. The van der Waals surface area contributed by atoms with Gasteiger partial charge in [-0.05, 0) is 43.2 Å². The van der Waals surface area contributed by atoms with Crippen LogP contribution in [0.1, 0.15) is 28.4 Å². The lowest BCUT2D eigenvalue weighted by molar-refractivity contribution is -0.146. The number of rotatable bonds is 7. The molecule has 1 amide bonds. The summed E-state index contributed by atoms with van der Waals surface area (Å²) in [6, 6.07) is 15.7. The fourth-order valence-electron chi connectivity index (χ4n) is 3.23. The first-order valence-electron chi connectivity index (χ1n) is 9.49. The van der Waals surface area contributed by atoms with Crippen LogP contribution in [0.25, 0.3) is 11.4 Å². The van der Waals surface area contributed by atoms with Gasteiger partial charge in [-0.1, -0.05) is 24.3 Å². The molecule has 0 aliphatic heterocycles. The second-order valence-electron chi connectivity index (χ2n) is 6.92. The molecule has 0 aliphatic rings. The molecule has 0 saturated heterocycles. The summed E-state index contributed by atoms with van der Waals surface area (Å²) in [4.78, 5) is 32.3. The van der Waals surface area contributed by atoms with E-state index in [0.29, 0.717) is 17.5 Å². The predicted octanol–water partition coefficient (Wildman–Crippen LogP) is 3.10. The SMILES string of the molecule is COC(=O)C(Cc1cccc(C#N)c1)C(C)NC(=O)c1ccc(-c2ncc[nH]2)cc1. The van der Waals surface area contributed by atoms with Crippen LogP contribution >= 0.6 is 0 Å². The highest BCUT2D eigenvalue weighted by Gasteiger charge is 2.28. The second-order valence-corrected chi connectivity index (χ2v) is 6.92. The van der Waals surface area contributed by atoms with Gasteiger partial charge in [-0.2, -0.15) is 5.26 Å². The molecule has 7 nitrogen and oxygen atoms in total. The highest BCUT2D eigenvalue weighted by atomic mass is 16.5. The van der Waals surface area contributed by atoms with Crippen molar-refractivity contribution in [2.24, 2.45) is 5.92 Å². The van der Waals surface area contributed by atoms with Crippen molar-refractivity contribution >= 4 is 11.9 Å². The molecule has 0 saturated carbocycles. The molecule has 3 aromatic rings. The van der Waals surface area contributed by atoms with E-state index < -0.39 is 17.9 Å². The minimum atomic E-state index is -0.588. The van der Waals surface area contributed by atoms with Gasteiger partial charge in [0.05, 0.1) is 24.7 Å². The summed E-state index contributed by atoms with van der Waals surface area (Å²) in [6.07, 6.45) is 3.74. The molecule has 2 aromatic carbocycles. The van der Waals surface area contributed by atoms with E-state index in [0.717, 1.165) is 17.0 Å². The van der Waals surface area contributed by atoms with Gasteiger partial charge in [-0.25, -0.2) is 4.98 Å². The van der Waals surface area contributed by atoms with Gasteiger partial charge in [0.15, 0.2) is 0 Å². The van der Waals surface area contributed by atoms with Crippen LogP contribution < -0.4 is 5.32 Å². The maximum atomic E-state index is 12.7. The van der Waals surface area contributed by atoms with Crippen LogP contribution in [0.2, 0.25) is 0 Å². The zero-order chi connectivity index (χ0) is 21.5. The number of carbonyl (C=O) groups is 2. The number of imidazole rings is 1. The Bertz CT molecular complexity index is 1050. The Hall–Kier alpha value is -3.92. The number of amides is 1. The quantitative estimate of drug-likeness (QED) is 0.591. The fourth-order valence-corrected chi connectivity index (χ4v) is 3.23. The molecule has 0 fully saturated rings. The third-order valence-electron chi connectivity index (χ3n) is 4.90. The number of methoxy groups -OCH3 is 1. The van der Waals surface area contributed by atoms with Crippen LogP contribution in [-0.4, -0.2) is 35.0 Å². The Labute approximate surface area is 174 Å². The lowest BCUT2D eigenvalue weighted by Crippen LogP contribution is -2.42. The average Bonchev–Trinajstić information content (AvgIpc) is 3.32. The van der Waals surface area contributed by atoms with Crippen LogP contribution in [0.4, 0.5) is 0 Å². The van der Waals surface area contributed by atoms with Gasteiger partial charge in [0.25, 0.3) is 5.91 Å². The number of hydrogen-bond donors (Lipinski definition) is 2. The minimum Gasteiger partial charge on any atom is -0.469 e. The van der Waals surface area contributed by atoms with E-state index in [1.807, 2.05) is 18.2 Å². The van der Waals surface area contributed by atoms with Crippen molar-refractivity contribution in [2.75, 3.05) is 7.11 Å². The number of nitrogens with one attached hydrogen (secondary N) is 2. The van der Waals surface area contributed by atoms with Crippen LogP contribution in [-0.2, 0) is 16.0 Å². The van der Waals surface area contributed by atoms with Crippen molar-refractivity contribution in [3.05, 3.63) is 77.6 Å². The average molecular weight is 402 g/mol. The number of aromatic nitrogens is 2. The van der Waals surface area contributed by atoms with E-state index >= 15 is 0 Å². The Kier molecular flexibility index (Phi) is 6.60. The molecule has 0 radical (unpaired) electrons. The number of hydrogen-bond acceptors (Lipinski definition) is 5. The zero-order valence-corrected chi connectivity index (χ0v) is 16.8. The summed E-state index contributed by atoms with van der Waals surface area (Å²) in [5.41, 5.74) is 2.69. The molecule has 0 bridgehead atoms. The second kappa shape index (κ2) is 9.52. The number of H-pyrrole nitrogens is 1. The van der Waals surface area contributed by atoms with E-state index in [1.165, 1.54) is 7.11 Å². The summed E-state index contributed by atoms with van der Waals surface area (Å²) in [6.45, 7) is 1.77. The van der Waals surface area contributed by atoms with E-state index in [-0.39, 0.29) is 5.91 Å². The molecule has 1 heterocycles. The van der Waals surface area contributed by atoms with Crippen LogP contribution in [0, 0.1) is 17.2 Å². The summed E-state index contributed by atoms with van der Waals surface area (Å²) >= 11 is 0. The molecule has 2 atom stereocenters. The lowest BCUT2D eigenvalue weighted by Gasteiger charge is -2.23. The number of benzene rings is 2. The van der Waals surface area contributed by atoms with Gasteiger partial charge in [-0.3, -0.25) is 9.59 Å². The Morgan fingerprint density at radius 3 is 2.63 bits per heavy atom. The van der Waals surface area contributed by atoms with Crippen molar-refractivity contribution in [3.8, 4) is 17.5 Å². The molecule has 1 aromatic heterocycles. The Balaban J connectivity index is 1.71. The number of esters is 1. The molecule has 3 rings (SSSR count). The van der Waals surface area contributed by atoms with Gasteiger partial charge in [0, 0.05) is 29.6 Å². The topological polar surface area (TPSA) is 108 Å². The molecule has 2 N–H and O–H groups in total. The number of nitrogens with zero attached hydrogens (tertiary/aromatic N) is 2. The first-order chi connectivity index (χ1) is 14.5. The smallest absolute Gasteiger partial charge is 0.311 e. The van der Waals surface area contributed by atoms with E-state index in [9.17, 15) is 9.59 Å². The van der Waals surface area contributed by atoms with Crippen molar-refractivity contribution < 1.29 is 14.3 Å². The zero-order valence-electron chi connectivity index (χ0n) is 16.8. The Morgan fingerprint density at radius 1 is 1.23 bits per heavy atom. The van der Waals surface area contributed by atoms with Crippen molar-refractivity contribution in [1.29, 1.82) is 5.26 Å². The fraction of sp³-hybridized carbons (Fsp3) is 0.217. The molecular weight excluding hydrogens is 380 g/mol. The maximum absolute atomic E-state index is 12.7. The largest absolute Gasteiger partial charge is 0.469 e. The van der Waals surface area contributed by atoms with E-state index in [1.54, 1.807) is 49.6 Å². The number of nitriles is 1. The molecular formula is C23H22N4O3. The summed E-state index contributed by atoms with van der Waals surface area (Å²) in [5.74, 6) is -0.567. The van der Waals surface area contributed by atoms with Gasteiger partial charge >= 0.3 is 5.97 Å². The third kappa shape index (κ3) is 4.92. The summed E-state index contributed by atoms with van der Waals surface area (Å²) in [5, 5.41) is 12.0. The first kappa shape index (κ1) is 20.8. The molecule has 2 unspecified atom stereocenters. The van der Waals surface area contributed by atoms with Gasteiger partial charge in [0.1, 0.15) is 5.82 Å². The van der Waals surface area contributed by atoms with Crippen LogP contribution in [0.5, 0.6) is 0 Å². The van der Waals surface area contributed by atoms with Crippen molar-refractivity contribution in [2.45, 2.75) is 19.4 Å². The normalized spacial score (nSPS) is 12.4. The van der Waals surface area contributed by atoms with Crippen molar-refractivity contribution in [3.63, 3.8) is 0 Å². The number of carbonyl (C=O) groups excluding carboxylic acids is 2.